The molecule has 1 heterocycles. The first-order valence-corrected chi connectivity index (χ1v) is 11.1. The van der Waals surface area contributed by atoms with Crippen molar-refractivity contribution in [3.8, 4) is 0 Å². The first-order chi connectivity index (χ1) is 6.86. The van der Waals surface area contributed by atoms with Crippen LogP contribution in [0.2, 0.25) is 0 Å². The van der Waals surface area contributed by atoms with Crippen LogP contribution in [0.15, 0.2) is 0 Å². The number of hydrogen-bond donors (Lipinski definition) is 0. The van der Waals surface area contributed by atoms with Crippen LogP contribution in [-0.4, -0.2) is 9.16 Å². The lowest BCUT2D eigenvalue weighted by Gasteiger charge is -2.15. The summed E-state index contributed by atoms with van der Waals surface area (Å²) in [5, 5.41) is 0. The molecule has 0 aromatic heterocycles. The van der Waals surface area contributed by atoms with Crippen molar-refractivity contribution < 1.29 is 0 Å². The maximum atomic E-state index is 2.30. The number of rotatable bonds is 5. The largest absolute Gasteiger partial charge is 0.131 e. The van der Waals surface area contributed by atoms with Crippen molar-refractivity contribution in [2.24, 2.45) is 0 Å². The zero-order valence-electron chi connectivity index (χ0n) is 8.73. The molecule has 1 fully saturated rings. The van der Waals surface area contributed by atoms with Crippen molar-refractivity contribution in [1.82, 2.24) is 0 Å². The van der Waals surface area contributed by atoms with E-state index in [2.05, 4.69) is 36.4 Å². The van der Waals surface area contributed by atoms with Gasteiger partial charge in [-0.1, -0.05) is 54.7 Å². The van der Waals surface area contributed by atoms with Gasteiger partial charge in [-0.05, 0) is 32.5 Å². The quantitative estimate of drug-likeness (QED) is 0.444. The van der Waals surface area contributed by atoms with E-state index in [0.29, 0.717) is 0 Å². The molecule has 0 bridgehead atoms. The molecule has 1 aliphatic heterocycles. The first kappa shape index (κ1) is 13.8. The predicted molar refractivity (Wildman–Crippen MR) is 80.0 cm³/mol. The summed E-state index contributed by atoms with van der Waals surface area (Å²) in [6, 6.07) is 0. The molecule has 0 radical (unpaired) electrons. The summed E-state index contributed by atoms with van der Waals surface area (Å²) >= 11 is 2.19. The molecule has 84 valence electrons. The maximum absolute atomic E-state index is 2.30. The van der Waals surface area contributed by atoms with Crippen LogP contribution in [-0.2, 0) is 0 Å². The molecule has 2 unspecified atom stereocenters. The van der Waals surface area contributed by atoms with Crippen molar-refractivity contribution in [2.45, 2.75) is 55.1 Å². The Morgan fingerprint density at radius 1 is 0.929 bits per heavy atom. The molecule has 5 heteroatoms. The highest BCUT2D eigenvalue weighted by Gasteiger charge is 2.21. The number of unbranched alkanes of at least 4 members (excludes halogenated alkanes) is 2. The Bertz CT molecular complexity index is 141. The van der Waals surface area contributed by atoms with Crippen LogP contribution >= 0.6 is 53.0 Å². The van der Waals surface area contributed by atoms with Crippen molar-refractivity contribution >= 4 is 53.0 Å². The van der Waals surface area contributed by atoms with E-state index in [1.807, 2.05) is 30.4 Å². The highest BCUT2D eigenvalue weighted by Crippen LogP contribution is 2.57. The van der Waals surface area contributed by atoms with E-state index in [-0.39, 0.29) is 0 Å². The fraction of sp³-hybridized carbons (Fsp3) is 1.00. The average molecular weight is 287 g/mol. The van der Waals surface area contributed by atoms with E-state index in [1.165, 1.54) is 32.1 Å². The lowest BCUT2D eigenvalue weighted by molar-refractivity contribution is 0.697. The van der Waals surface area contributed by atoms with Gasteiger partial charge in [0, 0.05) is 0 Å². The third-order valence-electron chi connectivity index (χ3n) is 2.00. The van der Waals surface area contributed by atoms with Crippen molar-refractivity contribution in [3.05, 3.63) is 0 Å². The molecule has 1 rings (SSSR count). The average Bonchev–Trinajstić information content (AvgIpc) is 2.43. The summed E-state index contributed by atoms with van der Waals surface area (Å²) in [5.41, 5.74) is 0. The minimum atomic E-state index is 0.814. The van der Waals surface area contributed by atoms with Crippen LogP contribution in [0.4, 0.5) is 0 Å². The second-order valence-corrected chi connectivity index (χ2v) is 11.5. The van der Waals surface area contributed by atoms with Gasteiger partial charge in [-0.2, -0.15) is 0 Å². The predicted octanol–water partition coefficient (Wildman–Crippen LogP) is 6.05. The summed E-state index contributed by atoms with van der Waals surface area (Å²) < 4.78 is 1.65. The van der Waals surface area contributed by atoms with Crippen LogP contribution in [0.5, 0.6) is 0 Å². The van der Waals surface area contributed by atoms with Gasteiger partial charge in [0.1, 0.15) is 0 Å². The van der Waals surface area contributed by atoms with Crippen LogP contribution < -0.4 is 0 Å². The number of hydrogen-bond acceptors (Lipinski definition) is 5. The van der Waals surface area contributed by atoms with Gasteiger partial charge in [0.25, 0.3) is 0 Å². The lowest BCUT2D eigenvalue weighted by atomic mass is 10.2. The Morgan fingerprint density at radius 3 is 2.29 bits per heavy atom. The lowest BCUT2D eigenvalue weighted by Crippen LogP contribution is -2.01. The summed E-state index contributed by atoms with van der Waals surface area (Å²) in [6.07, 6.45) is 6.85. The molecule has 0 spiro atoms. The molecule has 0 saturated carbocycles. The minimum absolute atomic E-state index is 0.814. The topological polar surface area (TPSA) is 0 Å². The smallest absolute Gasteiger partial charge is 0.0626 e. The van der Waals surface area contributed by atoms with Crippen LogP contribution in [0.25, 0.3) is 0 Å². The summed E-state index contributed by atoms with van der Waals surface area (Å²) in [7, 11) is 8.07. The standard InChI is InChI=1S/C9H18S5/c1-3-5-6-7-9-10-8(4-2)11-13-14-12-9/h8-9H,3-7H2,1-2H3. The summed E-state index contributed by atoms with van der Waals surface area (Å²) in [6.45, 7) is 4.58. The first-order valence-electron chi connectivity index (χ1n) is 5.17. The Labute approximate surface area is 107 Å². The molecule has 14 heavy (non-hydrogen) atoms. The second kappa shape index (κ2) is 8.85. The normalized spacial score (nSPS) is 28.7. The van der Waals surface area contributed by atoms with E-state index in [1.54, 1.807) is 0 Å². The van der Waals surface area contributed by atoms with Gasteiger partial charge in [-0.25, -0.2) is 0 Å². The molecular formula is C9H18S5. The molecule has 2 atom stereocenters. The fourth-order valence-electron chi connectivity index (χ4n) is 1.18. The van der Waals surface area contributed by atoms with Crippen molar-refractivity contribution in [1.29, 1.82) is 0 Å². The highest BCUT2D eigenvalue weighted by atomic mass is 33.7. The molecule has 0 N–H and O–H groups in total. The molecule has 0 aliphatic carbocycles. The third-order valence-corrected chi connectivity index (χ3v) is 11.8. The maximum Gasteiger partial charge on any atom is 0.0626 e. The molecule has 0 amide bonds. The van der Waals surface area contributed by atoms with Crippen LogP contribution in [0.3, 0.4) is 0 Å². The molecule has 0 aromatic rings. The van der Waals surface area contributed by atoms with Gasteiger partial charge in [0.05, 0.1) is 9.16 Å². The van der Waals surface area contributed by atoms with E-state index in [0.717, 1.165) is 9.16 Å². The minimum Gasteiger partial charge on any atom is -0.131 e. The Balaban J connectivity index is 2.20. The Kier molecular flexibility index (Phi) is 8.73. The SMILES string of the molecule is CCCCCC1SSSSC(CC)S1. The van der Waals surface area contributed by atoms with Crippen molar-refractivity contribution in [3.63, 3.8) is 0 Å². The van der Waals surface area contributed by atoms with Crippen LogP contribution in [0.1, 0.15) is 46.0 Å². The van der Waals surface area contributed by atoms with Crippen LogP contribution in [0, 0.1) is 0 Å². The summed E-state index contributed by atoms with van der Waals surface area (Å²) in [5.74, 6) is 0. The third kappa shape index (κ3) is 5.73. The molecule has 1 saturated heterocycles. The van der Waals surface area contributed by atoms with E-state index >= 15 is 0 Å². The van der Waals surface area contributed by atoms with Crippen molar-refractivity contribution in [2.75, 3.05) is 0 Å². The van der Waals surface area contributed by atoms with E-state index in [9.17, 15) is 0 Å². The highest BCUT2D eigenvalue weighted by molar-refractivity contribution is 9.27. The van der Waals surface area contributed by atoms with Gasteiger partial charge in [0.2, 0.25) is 0 Å². The zero-order chi connectivity index (χ0) is 10.2. The van der Waals surface area contributed by atoms with E-state index < -0.39 is 0 Å². The summed E-state index contributed by atoms with van der Waals surface area (Å²) in [4.78, 5) is 0. The Morgan fingerprint density at radius 2 is 1.64 bits per heavy atom. The number of thioether (sulfide) groups is 1. The molecule has 1 aliphatic rings. The molecule has 0 aromatic carbocycles. The Hall–Kier alpha value is 1.75. The van der Waals surface area contributed by atoms with Gasteiger partial charge >= 0.3 is 0 Å². The molecular weight excluding hydrogens is 268 g/mol. The van der Waals surface area contributed by atoms with E-state index in [4.69, 9.17) is 0 Å². The second-order valence-electron chi connectivity index (χ2n) is 3.23. The monoisotopic (exact) mass is 286 g/mol. The van der Waals surface area contributed by atoms with Gasteiger partial charge < -0.3 is 0 Å². The zero-order valence-corrected chi connectivity index (χ0v) is 12.8. The van der Waals surface area contributed by atoms with Gasteiger partial charge in [-0.15, -0.1) is 11.8 Å². The molecule has 0 nitrogen and oxygen atoms in total. The van der Waals surface area contributed by atoms with Gasteiger partial charge in [-0.3, -0.25) is 0 Å². The van der Waals surface area contributed by atoms with Gasteiger partial charge in [0.15, 0.2) is 0 Å². The fourth-order valence-corrected chi connectivity index (χ4v) is 11.9.